The van der Waals surface area contributed by atoms with Crippen LogP contribution in [0, 0.1) is 21.4 Å². The second-order valence-corrected chi connectivity index (χ2v) is 4.54. The smallest absolute Gasteiger partial charge is 0.433 e. The second kappa shape index (κ2) is 5.65. The van der Waals surface area contributed by atoms with Crippen molar-refractivity contribution in [2.24, 2.45) is 0 Å². The van der Waals surface area contributed by atoms with Crippen molar-refractivity contribution in [1.82, 2.24) is 9.78 Å². The zero-order chi connectivity index (χ0) is 16.4. The predicted molar refractivity (Wildman–Crippen MR) is 79.2 cm³/mol. The topological polar surface area (TPSA) is 107 Å². The Kier molecular flexibility index (Phi) is 3.52. The van der Waals surface area contributed by atoms with Crippen molar-refractivity contribution in [3.05, 3.63) is 58.3 Å². The highest BCUT2D eigenvalue weighted by molar-refractivity contribution is 5.62. The molecule has 3 aromatic rings. The van der Waals surface area contributed by atoms with Crippen LogP contribution in [0.2, 0.25) is 0 Å². The van der Waals surface area contributed by atoms with Crippen LogP contribution < -0.4 is 4.74 Å². The molecular formula is C15H10N4O4. The minimum atomic E-state index is -0.643. The van der Waals surface area contributed by atoms with Crippen LogP contribution in [0.5, 0.6) is 5.75 Å². The van der Waals surface area contributed by atoms with Crippen molar-refractivity contribution in [1.29, 1.82) is 5.26 Å². The number of hydrogen-bond donors (Lipinski definition) is 0. The number of furan rings is 1. The molecule has 23 heavy (non-hydrogen) atoms. The minimum absolute atomic E-state index is 0.167. The maximum atomic E-state index is 10.7. The highest BCUT2D eigenvalue weighted by Gasteiger charge is 2.19. The highest BCUT2D eigenvalue weighted by atomic mass is 16.6. The quantitative estimate of drug-likeness (QED) is 0.541. The van der Waals surface area contributed by atoms with E-state index >= 15 is 0 Å². The molecule has 0 amide bonds. The van der Waals surface area contributed by atoms with E-state index in [2.05, 4.69) is 5.10 Å². The van der Waals surface area contributed by atoms with Gasteiger partial charge in [-0.25, -0.2) is 4.68 Å². The van der Waals surface area contributed by atoms with Crippen LogP contribution in [0.3, 0.4) is 0 Å². The third-order valence-electron chi connectivity index (χ3n) is 3.18. The van der Waals surface area contributed by atoms with E-state index in [4.69, 9.17) is 9.15 Å². The molecule has 1 aromatic carbocycles. The summed E-state index contributed by atoms with van der Waals surface area (Å²) < 4.78 is 11.7. The van der Waals surface area contributed by atoms with E-state index in [1.165, 1.54) is 23.0 Å². The molecule has 0 unspecified atom stereocenters. The monoisotopic (exact) mass is 310 g/mol. The number of benzene rings is 1. The van der Waals surface area contributed by atoms with Gasteiger partial charge in [-0.2, -0.15) is 10.4 Å². The van der Waals surface area contributed by atoms with Crippen molar-refractivity contribution >= 4 is 5.88 Å². The van der Waals surface area contributed by atoms with E-state index < -0.39 is 10.8 Å². The Bertz CT molecular complexity index is 902. The van der Waals surface area contributed by atoms with Crippen molar-refractivity contribution < 1.29 is 14.1 Å². The van der Waals surface area contributed by atoms with Gasteiger partial charge < -0.3 is 9.15 Å². The summed E-state index contributed by atoms with van der Waals surface area (Å²) in [6, 6.07) is 11.7. The lowest BCUT2D eigenvalue weighted by Gasteiger charge is -2.02. The van der Waals surface area contributed by atoms with Crippen molar-refractivity contribution in [3.63, 3.8) is 0 Å². The van der Waals surface area contributed by atoms with Gasteiger partial charge in [0.1, 0.15) is 28.0 Å². The van der Waals surface area contributed by atoms with Gasteiger partial charge in [0.2, 0.25) is 0 Å². The molecule has 0 saturated carbocycles. The average molecular weight is 310 g/mol. The summed E-state index contributed by atoms with van der Waals surface area (Å²) in [5.74, 6) is 0.465. The first-order chi connectivity index (χ1) is 11.1. The van der Waals surface area contributed by atoms with E-state index in [-0.39, 0.29) is 17.0 Å². The number of nitrogens with zero attached hydrogens (tertiary/aromatic N) is 4. The molecule has 0 N–H and O–H groups in total. The van der Waals surface area contributed by atoms with Gasteiger partial charge in [-0.15, -0.1) is 0 Å². The summed E-state index contributed by atoms with van der Waals surface area (Å²) in [4.78, 5) is 10.1. The molecule has 3 rings (SSSR count). The molecule has 0 aliphatic carbocycles. The summed E-state index contributed by atoms with van der Waals surface area (Å²) in [6.45, 7) is 0. The molecule has 0 radical (unpaired) electrons. The molecule has 0 spiro atoms. The number of rotatable bonds is 4. The number of ether oxygens (including phenoxy) is 1. The van der Waals surface area contributed by atoms with Crippen molar-refractivity contribution in [3.8, 4) is 29.0 Å². The number of hydrogen-bond acceptors (Lipinski definition) is 6. The summed E-state index contributed by atoms with van der Waals surface area (Å²) in [5.41, 5.74) is 1.22. The maximum Gasteiger partial charge on any atom is 0.433 e. The molecule has 0 atom stereocenters. The average Bonchev–Trinajstić information content (AvgIpc) is 3.21. The Morgan fingerprint density at radius 1 is 1.30 bits per heavy atom. The molecule has 0 fully saturated rings. The molecule has 114 valence electrons. The number of nitriles is 1. The number of methoxy groups -OCH3 is 1. The molecule has 0 aliphatic rings. The van der Waals surface area contributed by atoms with E-state index in [0.717, 1.165) is 5.69 Å². The van der Waals surface area contributed by atoms with Crippen LogP contribution in [-0.2, 0) is 0 Å². The lowest BCUT2D eigenvalue weighted by molar-refractivity contribution is -0.401. The van der Waals surface area contributed by atoms with Gasteiger partial charge in [0.15, 0.2) is 5.76 Å². The summed E-state index contributed by atoms with van der Waals surface area (Å²) in [7, 11) is 1.57. The van der Waals surface area contributed by atoms with Crippen molar-refractivity contribution in [2.45, 2.75) is 0 Å². The van der Waals surface area contributed by atoms with Gasteiger partial charge in [0.05, 0.1) is 18.9 Å². The van der Waals surface area contributed by atoms with E-state index in [1.54, 1.807) is 31.4 Å². The van der Waals surface area contributed by atoms with Gasteiger partial charge >= 0.3 is 5.88 Å². The number of aromatic nitrogens is 2. The fourth-order valence-corrected chi connectivity index (χ4v) is 2.06. The lowest BCUT2D eigenvalue weighted by Crippen LogP contribution is -1.94. The fraction of sp³-hybridized carbons (Fsp3) is 0.0667. The molecule has 0 bridgehead atoms. The maximum absolute atomic E-state index is 10.7. The first kappa shape index (κ1) is 14.3. The van der Waals surface area contributed by atoms with Crippen molar-refractivity contribution in [2.75, 3.05) is 7.11 Å². The Hall–Kier alpha value is -3.60. The van der Waals surface area contributed by atoms with Gasteiger partial charge in [0.25, 0.3) is 0 Å². The van der Waals surface area contributed by atoms with Gasteiger partial charge in [-0.3, -0.25) is 10.1 Å². The van der Waals surface area contributed by atoms with E-state index in [0.29, 0.717) is 5.75 Å². The van der Waals surface area contributed by atoms with Gasteiger partial charge in [-0.1, -0.05) is 0 Å². The van der Waals surface area contributed by atoms with Crippen LogP contribution in [0.1, 0.15) is 5.56 Å². The van der Waals surface area contributed by atoms with Crippen LogP contribution in [0.25, 0.3) is 17.1 Å². The Labute approximate surface area is 130 Å². The molecule has 2 heterocycles. The first-order valence-corrected chi connectivity index (χ1v) is 6.51. The molecule has 8 heteroatoms. The molecule has 0 aliphatic heterocycles. The van der Waals surface area contributed by atoms with E-state index in [9.17, 15) is 15.4 Å². The summed E-state index contributed by atoms with van der Waals surface area (Å²) in [5, 5.41) is 24.2. The molecular weight excluding hydrogens is 300 g/mol. The number of nitro groups is 1. The van der Waals surface area contributed by atoms with Crippen LogP contribution in [0.15, 0.2) is 47.0 Å². The third kappa shape index (κ3) is 2.63. The molecule has 8 nitrogen and oxygen atoms in total. The Balaban J connectivity index is 2.03. The zero-order valence-corrected chi connectivity index (χ0v) is 12.0. The van der Waals surface area contributed by atoms with Crippen LogP contribution >= 0.6 is 0 Å². The summed E-state index contributed by atoms with van der Waals surface area (Å²) >= 11 is 0. The Morgan fingerprint density at radius 2 is 2.04 bits per heavy atom. The zero-order valence-electron chi connectivity index (χ0n) is 12.0. The van der Waals surface area contributed by atoms with Crippen LogP contribution in [-0.4, -0.2) is 21.8 Å². The fourth-order valence-electron chi connectivity index (χ4n) is 2.06. The summed E-state index contributed by atoms with van der Waals surface area (Å²) in [6.07, 6.45) is 1.53. The predicted octanol–water partition coefficient (Wildman–Crippen LogP) is 2.92. The highest BCUT2D eigenvalue weighted by Crippen LogP contribution is 2.28. The minimum Gasteiger partial charge on any atom is -0.497 e. The first-order valence-electron chi connectivity index (χ1n) is 6.51. The third-order valence-corrected chi connectivity index (χ3v) is 3.18. The normalized spacial score (nSPS) is 10.3. The van der Waals surface area contributed by atoms with Gasteiger partial charge in [0, 0.05) is 6.20 Å². The van der Waals surface area contributed by atoms with Crippen LogP contribution in [0.4, 0.5) is 5.88 Å². The van der Waals surface area contributed by atoms with Gasteiger partial charge in [-0.05, 0) is 30.3 Å². The SMILES string of the molecule is COc1ccc(-n2cc(C#N)c(-c3ccc([N+](=O)[O-])o3)n2)cc1. The Morgan fingerprint density at radius 3 is 2.61 bits per heavy atom. The lowest BCUT2D eigenvalue weighted by atomic mass is 10.2. The molecule has 2 aromatic heterocycles. The standard InChI is InChI=1S/C15H10N4O4/c1-22-12-4-2-11(3-5-12)18-9-10(8-16)15(17-18)13-6-7-14(23-13)19(20)21/h2-7,9H,1H3. The largest absolute Gasteiger partial charge is 0.497 e. The molecule has 0 saturated heterocycles. The second-order valence-electron chi connectivity index (χ2n) is 4.54. The van der Waals surface area contributed by atoms with E-state index in [1.807, 2.05) is 6.07 Å².